The fourth-order valence-corrected chi connectivity index (χ4v) is 1.66. The minimum absolute atomic E-state index is 0.299. The molecule has 1 aromatic rings. The van der Waals surface area contributed by atoms with Crippen LogP contribution < -0.4 is 5.73 Å². The highest BCUT2D eigenvalue weighted by Gasteiger charge is 2.39. The summed E-state index contributed by atoms with van der Waals surface area (Å²) in [6, 6.07) is 2.58. The van der Waals surface area contributed by atoms with Gasteiger partial charge in [0.05, 0.1) is 5.56 Å². The van der Waals surface area contributed by atoms with Gasteiger partial charge in [0.25, 0.3) is 0 Å². The first-order chi connectivity index (χ1) is 7.28. The van der Waals surface area contributed by atoms with Crippen LogP contribution in [0.5, 0.6) is 0 Å². The van der Waals surface area contributed by atoms with E-state index in [1.807, 2.05) is 0 Å². The summed E-state index contributed by atoms with van der Waals surface area (Å²) in [6.45, 7) is 0. The quantitative estimate of drug-likeness (QED) is 0.781. The standard InChI is InChI=1S/C11H11F4N/c12-9-4-7(6-10(16)1-2-10)3-8(5-9)11(13,14)15/h3-5H,1-2,6,16H2. The van der Waals surface area contributed by atoms with Gasteiger partial charge < -0.3 is 5.73 Å². The Balaban J connectivity index is 2.29. The molecule has 0 radical (unpaired) electrons. The Kier molecular flexibility index (Phi) is 2.45. The number of halogens is 4. The lowest BCUT2D eigenvalue weighted by Crippen LogP contribution is -2.24. The molecule has 1 aliphatic carbocycles. The monoisotopic (exact) mass is 233 g/mol. The summed E-state index contributed by atoms with van der Waals surface area (Å²) in [7, 11) is 0. The van der Waals surface area contributed by atoms with Gasteiger partial charge in [0.1, 0.15) is 5.82 Å². The van der Waals surface area contributed by atoms with Crippen molar-refractivity contribution in [3.05, 3.63) is 35.1 Å². The van der Waals surface area contributed by atoms with Crippen molar-refractivity contribution >= 4 is 0 Å². The van der Waals surface area contributed by atoms with Gasteiger partial charge in [0.2, 0.25) is 0 Å². The predicted molar refractivity (Wildman–Crippen MR) is 51.3 cm³/mol. The van der Waals surface area contributed by atoms with E-state index in [1.165, 1.54) is 0 Å². The lowest BCUT2D eigenvalue weighted by Gasteiger charge is -2.12. The van der Waals surface area contributed by atoms with E-state index in [2.05, 4.69) is 0 Å². The molecular formula is C11H11F4N. The van der Waals surface area contributed by atoms with Crippen molar-refractivity contribution in [2.75, 3.05) is 0 Å². The lowest BCUT2D eigenvalue weighted by molar-refractivity contribution is -0.137. The molecule has 1 fully saturated rings. The van der Waals surface area contributed by atoms with E-state index < -0.39 is 23.1 Å². The molecule has 1 saturated carbocycles. The zero-order valence-corrected chi connectivity index (χ0v) is 8.44. The third kappa shape index (κ3) is 2.52. The van der Waals surface area contributed by atoms with Gasteiger partial charge in [-0.1, -0.05) is 0 Å². The third-order valence-corrected chi connectivity index (χ3v) is 2.73. The van der Waals surface area contributed by atoms with Crippen LogP contribution in [0.1, 0.15) is 24.0 Å². The summed E-state index contributed by atoms with van der Waals surface area (Å²) in [6.07, 6.45) is -2.65. The van der Waals surface area contributed by atoms with Crippen molar-refractivity contribution in [3.8, 4) is 0 Å². The molecule has 16 heavy (non-hydrogen) atoms. The fraction of sp³-hybridized carbons (Fsp3) is 0.455. The van der Waals surface area contributed by atoms with Gasteiger partial charge in [-0.25, -0.2) is 4.39 Å². The Labute approximate surface area is 90.3 Å². The van der Waals surface area contributed by atoms with Crippen molar-refractivity contribution in [3.63, 3.8) is 0 Å². The normalized spacial score (nSPS) is 18.6. The average Bonchev–Trinajstić information content (AvgIpc) is 2.80. The Morgan fingerprint density at radius 3 is 2.31 bits per heavy atom. The molecule has 0 aromatic heterocycles. The van der Waals surface area contributed by atoms with E-state index in [1.54, 1.807) is 0 Å². The van der Waals surface area contributed by atoms with Gasteiger partial charge >= 0.3 is 6.18 Å². The molecule has 0 saturated heterocycles. The van der Waals surface area contributed by atoms with Crippen LogP contribution >= 0.6 is 0 Å². The minimum Gasteiger partial charge on any atom is -0.325 e. The second-order valence-electron chi connectivity index (χ2n) is 4.39. The van der Waals surface area contributed by atoms with Crippen LogP contribution in [-0.4, -0.2) is 5.54 Å². The van der Waals surface area contributed by atoms with Gasteiger partial charge in [-0.15, -0.1) is 0 Å². The van der Waals surface area contributed by atoms with E-state index in [9.17, 15) is 17.6 Å². The molecule has 0 aliphatic heterocycles. The van der Waals surface area contributed by atoms with Crippen LogP contribution in [0.15, 0.2) is 18.2 Å². The van der Waals surface area contributed by atoms with E-state index in [0.717, 1.165) is 25.0 Å². The molecule has 5 heteroatoms. The first-order valence-corrected chi connectivity index (χ1v) is 4.94. The maximum absolute atomic E-state index is 13.0. The number of benzene rings is 1. The van der Waals surface area contributed by atoms with Crippen molar-refractivity contribution < 1.29 is 17.6 Å². The van der Waals surface area contributed by atoms with Gasteiger partial charge in [-0.05, 0) is 43.0 Å². The number of alkyl halides is 3. The first-order valence-electron chi connectivity index (χ1n) is 4.94. The average molecular weight is 233 g/mol. The van der Waals surface area contributed by atoms with Crippen LogP contribution in [0.4, 0.5) is 17.6 Å². The molecule has 0 unspecified atom stereocenters. The number of nitrogens with two attached hydrogens (primary N) is 1. The number of rotatable bonds is 2. The summed E-state index contributed by atoms with van der Waals surface area (Å²) in [5.41, 5.74) is 4.72. The maximum atomic E-state index is 13.0. The van der Waals surface area contributed by atoms with Crippen LogP contribution in [-0.2, 0) is 12.6 Å². The largest absolute Gasteiger partial charge is 0.416 e. The summed E-state index contributed by atoms with van der Waals surface area (Å²) in [5.74, 6) is -0.867. The Morgan fingerprint density at radius 1 is 1.19 bits per heavy atom. The minimum atomic E-state index is -4.51. The molecule has 2 N–H and O–H groups in total. The first kappa shape index (κ1) is 11.4. The second kappa shape index (κ2) is 3.45. The summed E-state index contributed by atoms with van der Waals surface area (Å²) < 4.78 is 50.2. The van der Waals surface area contributed by atoms with E-state index in [-0.39, 0.29) is 0 Å². The van der Waals surface area contributed by atoms with Crippen LogP contribution in [0.25, 0.3) is 0 Å². The maximum Gasteiger partial charge on any atom is 0.416 e. The lowest BCUT2D eigenvalue weighted by atomic mass is 10.0. The Morgan fingerprint density at radius 2 is 1.81 bits per heavy atom. The highest BCUT2D eigenvalue weighted by Crippen LogP contribution is 2.37. The zero-order chi connectivity index (χ0) is 12.0. The predicted octanol–water partition coefficient (Wildman–Crippen LogP) is 2.88. The SMILES string of the molecule is NC1(Cc2cc(F)cc(C(F)(F)F)c2)CC1. The highest BCUT2D eigenvalue weighted by atomic mass is 19.4. The fourth-order valence-electron chi connectivity index (χ4n) is 1.66. The van der Waals surface area contributed by atoms with Gasteiger partial charge in [-0.2, -0.15) is 13.2 Å². The summed E-state index contributed by atoms with van der Waals surface area (Å²) >= 11 is 0. The molecule has 0 atom stereocenters. The van der Waals surface area contributed by atoms with E-state index in [4.69, 9.17) is 5.73 Å². The van der Waals surface area contributed by atoms with E-state index >= 15 is 0 Å². The molecule has 2 rings (SSSR count). The molecular weight excluding hydrogens is 222 g/mol. The van der Waals surface area contributed by atoms with Gasteiger partial charge in [-0.3, -0.25) is 0 Å². The second-order valence-corrected chi connectivity index (χ2v) is 4.39. The molecule has 1 aromatic carbocycles. The molecule has 88 valence electrons. The molecule has 0 amide bonds. The molecule has 0 bridgehead atoms. The molecule has 0 spiro atoms. The van der Waals surface area contributed by atoms with Crippen molar-refractivity contribution in [2.24, 2.45) is 5.73 Å². The smallest absolute Gasteiger partial charge is 0.325 e. The van der Waals surface area contributed by atoms with Gasteiger partial charge in [0.15, 0.2) is 0 Å². The van der Waals surface area contributed by atoms with Crippen molar-refractivity contribution in [1.29, 1.82) is 0 Å². The Bertz CT molecular complexity index is 407. The summed E-state index contributed by atoms with van der Waals surface area (Å²) in [5, 5.41) is 0. The number of hydrogen-bond donors (Lipinski definition) is 1. The molecule has 1 nitrogen and oxygen atoms in total. The molecule has 0 heterocycles. The highest BCUT2D eigenvalue weighted by molar-refractivity contribution is 5.29. The Hall–Kier alpha value is -1.10. The van der Waals surface area contributed by atoms with Crippen molar-refractivity contribution in [2.45, 2.75) is 31.0 Å². The topological polar surface area (TPSA) is 26.0 Å². The van der Waals surface area contributed by atoms with Crippen LogP contribution in [0.3, 0.4) is 0 Å². The summed E-state index contributed by atoms with van der Waals surface area (Å²) in [4.78, 5) is 0. The van der Waals surface area contributed by atoms with Gasteiger partial charge in [0, 0.05) is 5.54 Å². The number of hydrogen-bond acceptors (Lipinski definition) is 1. The third-order valence-electron chi connectivity index (χ3n) is 2.73. The zero-order valence-electron chi connectivity index (χ0n) is 8.44. The van der Waals surface area contributed by atoms with Crippen LogP contribution in [0, 0.1) is 5.82 Å². The van der Waals surface area contributed by atoms with Crippen molar-refractivity contribution in [1.82, 2.24) is 0 Å². The van der Waals surface area contributed by atoms with E-state index in [0.29, 0.717) is 18.1 Å². The van der Waals surface area contributed by atoms with Crippen LogP contribution in [0.2, 0.25) is 0 Å². The molecule has 1 aliphatic rings.